The Balaban J connectivity index is 2.37. The van der Waals surface area contributed by atoms with Crippen LogP contribution in [0.4, 0.5) is 0 Å². The van der Waals surface area contributed by atoms with Gasteiger partial charge in [0.05, 0.1) is 14.1 Å². The molecule has 1 N–H and O–H groups in total. The average molecular weight is 187 g/mol. The monoisotopic (exact) mass is 187 g/mol. The molecule has 1 rings (SSSR count). The summed E-state index contributed by atoms with van der Waals surface area (Å²) in [4.78, 5) is 0. The molecular weight excluding hydrogens is 166 g/mol. The molecule has 1 saturated heterocycles. The quantitative estimate of drug-likeness (QED) is 0.520. The fraction of sp³-hybridized carbons (Fsp3) is 1.00. The van der Waals surface area contributed by atoms with E-state index in [2.05, 4.69) is 19.2 Å². The van der Waals surface area contributed by atoms with Crippen molar-refractivity contribution in [1.29, 1.82) is 0 Å². The number of nitrogens with one attached hydrogen (secondary N) is 1. The Kier molecular flexibility index (Phi) is 3.74. The molecule has 1 aliphatic heterocycles. The van der Waals surface area contributed by atoms with Crippen LogP contribution in [0.3, 0.4) is 0 Å². The van der Waals surface area contributed by atoms with Crippen molar-refractivity contribution < 1.29 is 4.74 Å². The molecule has 12 heavy (non-hydrogen) atoms. The van der Waals surface area contributed by atoms with Gasteiger partial charge in [-0.15, -0.1) is 0 Å². The fourth-order valence-electron chi connectivity index (χ4n) is 1.67. The van der Waals surface area contributed by atoms with Crippen LogP contribution >= 0.6 is 0 Å². The van der Waals surface area contributed by atoms with Gasteiger partial charge in [0.15, 0.2) is 0 Å². The van der Waals surface area contributed by atoms with E-state index in [-0.39, 0.29) is 5.35 Å². The van der Waals surface area contributed by atoms with E-state index < -0.39 is 8.80 Å². The Bertz CT molecular complexity index is 138. The normalized spacial score (nSPS) is 23.2. The van der Waals surface area contributed by atoms with Gasteiger partial charge in [-0.25, -0.2) is 0 Å². The highest BCUT2D eigenvalue weighted by atomic mass is 28.3. The Morgan fingerprint density at radius 3 is 2.50 bits per heavy atom. The van der Waals surface area contributed by atoms with Crippen LogP contribution in [0.1, 0.15) is 26.7 Å². The van der Waals surface area contributed by atoms with Gasteiger partial charge in [0.25, 0.3) is 0 Å². The highest BCUT2D eigenvalue weighted by Crippen LogP contribution is 2.29. The molecule has 0 aromatic rings. The molecule has 1 aliphatic rings. The van der Waals surface area contributed by atoms with Crippen molar-refractivity contribution in [1.82, 2.24) is 5.32 Å². The van der Waals surface area contributed by atoms with Gasteiger partial charge < -0.3 is 4.74 Å². The topological polar surface area (TPSA) is 21.3 Å². The second-order valence-corrected chi connectivity index (χ2v) is 7.48. The molecule has 0 spiro atoms. The molecular formula is C9H21NOSi. The fourth-order valence-corrected chi connectivity index (χ4v) is 4.35. The Morgan fingerprint density at radius 1 is 1.50 bits per heavy atom. The van der Waals surface area contributed by atoms with Crippen molar-refractivity contribution in [2.24, 2.45) is 0 Å². The van der Waals surface area contributed by atoms with Gasteiger partial charge in [-0.3, -0.25) is 5.32 Å². The molecule has 1 atom stereocenters. The highest BCUT2D eigenvalue weighted by Gasteiger charge is 2.38. The Morgan fingerprint density at radius 2 is 2.17 bits per heavy atom. The van der Waals surface area contributed by atoms with E-state index in [1.54, 1.807) is 0 Å². The third kappa shape index (κ3) is 2.09. The highest BCUT2D eigenvalue weighted by molar-refractivity contribution is 6.64. The van der Waals surface area contributed by atoms with E-state index in [0.717, 1.165) is 13.0 Å². The molecule has 1 heterocycles. The van der Waals surface area contributed by atoms with Gasteiger partial charge in [0.2, 0.25) is 0 Å². The molecule has 0 radical (unpaired) electrons. The van der Waals surface area contributed by atoms with Crippen molar-refractivity contribution in [3.63, 3.8) is 0 Å². The first-order valence-electron chi connectivity index (χ1n) is 5.06. The van der Waals surface area contributed by atoms with E-state index in [1.165, 1.54) is 18.5 Å². The van der Waals surface area contributed by atoms with Crippen LogP contribution in [0.25, 0.3) is 0 Å². The third-order valence-electron chi connectivity index (χ3n) is 2.99. The molecule has 0 aromatic heterocycles. The van der Waals surface area contributed by atoms with Crippen LogP contribution in [-0.4, -0.2) is 27.8 Å². The number of hydrogen-bond acceptors (Lipinski definition) is 2. The summed E-state index contributed by atoms with van der Waals surface area (Å²) in [5, 5.41) is 3.43. The van der Waals surface area contributed by atoms with Crippen LogP contribution < -0.4 is 5.32 Å². The van der Waals surface area contributed by atoms with Crippen LogP contribution in [0.15, 0.2) is 0 Å². The van der Waals surface area contributed by atoms with Gasteiger partial charge in [0.1, 0.15) is 0 Å². The summed E-state index contributed by atoms with van der Waals surface area (Å²) in [7, 11) is 1.43. The van der Waals surface area contributed by atoms with Crippen LogP contribution in [0.5, 0.6) is 0 Å². The van der Waals surface area contributed by atoms with Gasteiger partial charge in [0, 0.05) is 6.61 Å². The van der Waals surface area contributed by atoms with Crippen molar-refractivity contribution in [2.75, 3.05) is 13.7 Å². The molecule has 0 amide bonds. The molecule has 2 nitrogen and oxygen atoms in total. The van der Waals surface area contributed by atoms with E-state index in [0.29, 0.717) is 0 Å². The van der Waals surface area contributed by atoms with Crippen LogP contribution in [0, 0.1) is 0 Å². The van der Waals surface area contributed by atoms with E-state index in [4.69, 9.17) is 4.74 Å². The lowest BCUT2D eigenvalue weighted by Gasteiger charge is -2.41. The van der Waals surface area contributed by atoms with Gasteiger partial charge in [-0.1, -0.05) is 25.4 Å². The standard InChI is InChI=1S/C9H21NOSi/c1-4-6-11-9(2,10-3)12-7-5-8-12/h10,12H,4-8H2,1-3H3. The lowest BCUT2D eigenvalue weighted by molar-refractivity contribution is 0.00492. The van der Waals surface area contributed by atoms with E-state index >= 15 is 0 Å². The number of hydrogen-bond donors (Lipinski definition) is 1. The van der Waals surface area contributed by atoms with Crippen molar-refractivity contribution in [3.8, 4) is 0 Å². The van der Waals surface area contributed by atoms with Gasteiger partial charge >= 0.3 is 0 Å². The molecule has 0 aromatic carbocycles. The third-order valence-corrected chi connectivity index (χ3v) is 7.21. The zero-order valence-electron chi connectivity index (χ0n) is 8.52. The molecule has 0 saturated carbocycles. The summed E-state index contributed by atoms with van der Waals surface area (Å²) in [6.07, 6.45) is 2.56. The van der Waals surface area contributed by atoms with E-state index in [1.807, 2.05) is 7.05 Å². The molecule has 1 unspecified atom stereocenters. The minimum Gasteiger partial charge on any atom is -0.365 e. The van der Waals surface area contributed by atoms with Crippen molar-refractivity contribution in [2.45, 2.75) is 44.1 Å². The zero-order chi connectivity index (χ0) is 9.03. The van der Waals surface area contributed by atoms with Gasteiger partial charge in [-0.05, 0) is 20.4 Å². The predicted molar refractivity (Wildman–Crippen MR) is 55.1 cm³/mol. The van der Waals surface area contributed by atoms with Crippen molar-refractivity contribution >= 4 is 8.80 Å². The molecule has 0 bridgehead atoms. The number of ether oxygens (including phenoxy) is 1. The summed E-state index contributed by atoms with van der Waals surface area (Å²) in [6.45, 7) is 5.30. The Hall–Kier alpha value is 0.137. The van der Waals surface area contributed by atoms with Gasteiger partial charge in [-0.2, -0.15) is 0 Å². The number of rotatable bonds is 5. The Labute approximate surface area is 77.3 Å². The summed E-state index contributed by atoms with van der Waals surface area (Å²) in [5.74, 6) is 0. The van der Waals surface area contributed by atoms with E-state index in [9.17, 15) is 0 Å². The summed E-state index contributed by atoms with van der Waals surface area (Å²) < 4.78 is 5.88. The smallest absolute Gasteiger partial charge is 0.0986 e. The molecule has 0 aliphatic carbocycles. The SMILES string of the molecule is CCCOC(C)(NC)[SiH]1CCC1. The van der Waals surface area contributed by atoms with Crippen LogP contribution in [0.2, 0.25) is 12.1 Å². The maximum atomic E-state index is 5.88. The first-order valence-corrected chi connectivity index (χ1v) is 7.27. The largest absolute Gasteiger partial charge is 0.365 e. The minimum atomic E-state index is -0.596. The maximum Gasteiger partial charge on any atom is 0.0986 e. The minimum absolute atomic E-state index is 0.0776. The summed E-state index contributed by atoms with van der Waals surface area (Å²) in [5.41, 5.74) is 0. The molecule has 1 fully saturated rings. The maximum absolute atomic E-state index is 5.88. The molecule has 3 heteroatoms. The first kappa shape index (κ1) is 10.2. The summed E-state index contributed by atoms with van der Waals surface area (Å²) in [6, 6.07) is 2.92. The second kappa shape index (κ2) is 4.39. The summed E-state index contributed by atoms with van der Waals surface area (Å²) >= 11 is 0. The lowest BCUT2D eigenvalue weighted by Crippen LogP contribution is -2.58. The predicted octanol–water partition coefficient (Wildman–Crippen LogP) is 1.52. The average Bonchev–Trinajstić information content (AvgIpc) is 1.98. The second-order valence-electron chi connectivity index (χ2n) is 3.83. The van der Waals surface area contributed by atoms with Crippen LogP contribution in [-0.2, 0) is 4.74 Å². The van der Waals surface area contributed by atoms with Crippen molar-refractivity contribution in [3.05, 3.63) is 0 Å². The molecule has 72 valence electrons. The lowest BCUT2D eigenvalue weighted by atomic mass is 10.5. The first-order chi connectivity index (χ1) is 5.73. The zero-order valence-corrected chi connectivity index (χ0v) is 9.68.